The van der Waals surface area contributed by atoms with Crippen molar-refractivity contribution in [3.05, 3.63) is 71.2 Å². The zero-order valence-corrected chi connectivity index (χ0v) is 17.5. The fraction of sp³-hybridized carbons (Fsp3) is 0.273. The second-order valence-corrected chi connectivity index (χ2v) is 7.65. The molecule has 0 aliphatic carbocycles. The van der Waals surface area contributed by atoms with Gasteiger partial charge in [0, 0.05) is 11.8 Å². The molecule has 2 aromatic carbocycles. The van der Waals surface area contributed by atoms with Crippen LogP contribution in [0.4, 0.5) is 23.2 Å². The standard InChI is InChI=1S/C22H20F4N4O3/c1-11-16(20(31)28-14-10-13(23)8-9-15(14)33-2)21(32)30-19(27-11)17(12-6-4-3-5-7-12)18(29-30)22(24,25)26/h3-10,17-19,27,29H,1-2H3,(H,28,31). The van der Waals surface area contributed by atoms with E-state index in [1.165, 1.54) is 20.1 Å². The molecule has 2 aliphatic heterocycles. The maximum absolute atomic E-state index is 13.9. The monoisotopic (exact) mass is 464 g/mol. The summed E-state index contributed by atoms with van der Waals surface area (Å²) in [5.41, 5.74) is 2.28. The van der Waals surface area contributed by atoms with Gasteiger partial charge in [-0.05, 0) is 24.6 Å². The predicted octanol–water partition coefficient (Wildman–Crippen LogP) is 3.04. The fourth-order valence-electron chi connectivity index (χ4n) is 4.12. The Morgan fingerprint density at radius 1 is 1.15 bits per heavy atom. The maximum atomic E-state index is 13.9. The lowest BCUT2D eigenvalue weighted by molar-refractivity contribution is -0.161. The summed E-state index contributed by atoms with van der Waals surface area (Å²) >= 11 is 0. The smallest absolute Gasteiger partial charge is 0.406 e. The summed E-state index contributed by atoms with van der Waals surface area (Å²) in [6.07, 6.45) is -5.74. The number of methoxy groups -OCH3 is 1. The number of nitrogens with one attached hydrogen (secondary N) is 3. The van der Waals surface area contributed by atoms with E-state index in [1.807, 2.05) is 0 Å². The van der Waals surface area contributed by atoms with Gasteiger partial charge in [-0.1, -0.05) is 30.3 Å². The number of alkyl halides is 3. The van der Waals surface area contributed by atoms with Crippen molar-refractivity contribution < 1.29 is 31.9 Å². The molecule has 0 saturated carbocycles. The van der Waals surface area contributed by atoms with Gasteiger partial charge in [0.2, 0.25) is 0 Å². The number of hydrazine groups is 1. The number of nitrogens with zero attached hydrogens (tertiary/aromatic N) is 1. The van der Waals surface area contributed by atoms with Crippen LogP contribution >= 0.6 is 0 Å². The van der Waals surface area contributed by atoms with E-state index < -0.39 is 47.5 Å². The molecule has 2 aromatic rings. The Labute approximate surface area is 186 Å². The quantitative estimate of drug-likeness (QED) is 0.479. The van der Waals surface area contributed by atoms with E-state index in [2.05, 4.69) is 16.1 Å². The Hall–Kier alpha value is -3.60. The highest BCUT2D eigenvalue weighted by atomic mass is 19.4. The molecular weight excluding hydrogens is 444 g/mol. The number of ether oxygens (including phenoxy) is 1. The summed E-state index contributed by atoms with van der Waals surface area (Å²) in [4.78, 5) is 26.1. The molecular formula is C22H20F4N4O3. The van der Waals surface area contributed by atoms with Gasteiger partial charge in [-0.3, -0.25) is 9.59 Å². The first-order chi connectivity index (χ1) is 15.6. The van der Waals surface area contributed by atoms with E-state index in [9.17, 15) is 27.2 Å². The van der Waals surface area contributed by atoms with Gasteiger partial charge in [0.1, 0.15) is 29.3 Å². The third-order valence-corrected chi connectivity index (χ3v) is 5.60. The van der Waals surface area contributed by atoms with E-state index in [-0.39, 0.29) is 17.1 Å². The van der Waals surface area contributed by atoms with Gasteiger partial charge in [0.25, 0.3) is 11.8 Å². The Morgan fingerprint density at radius 2 is 1.85 bits per heavy atom. The first-order valence-electron chi connectivity index (χ1n) is 9.95. The van der Waals surface area contributed by atoms with Crippen molar-refractivity contribution >= 4 is 17.5 Å². The van der Waals surface area contributed by atoms with Crippen LogP contribution in [0, 0.1) is 5.82 Å². The molecule has 4 rings (SSSR count). The third-order valence-electron chi connectivity index (χ3n) is 5.60. The molecule has 1 fully saturated rings. The van der Waals surface area contributed by atoms with E-state index in [1.54, 1.807) is 30.3 Å². The van der Waals surface area contributed by atoms with Crippen LogP contribution in [0.2, 0.25) is 0 Å². The van der Waals surface area contributed by atoms with Crippen LogP contribution in [-0.2, 0) is 9.59 Å². The Balaban J connectivity index is 1.67. The number of anilines is 1. The Bertz CT molecular complexity index is 1120. The van der Waals surface area contributed by atoms with Crippen molar-refractivity contribution in [1.29, 1.82) is 0 Å². The second kappa shape index (κ2) is 8.39. The summed E-state index contributed by atoms with van der Waals surface area (Å²) in [5, 5.41) is 6.06. The highest BCUT2D eigenvalue weighted by molar-refractivity contribution is 6.23. The fourth-order valence-corrected chi connectivity index (χ4v) is 4.12. The molecule has 174 valence electrons. The lowest BCUT2D eigenvalue weighted by atomic mass is 9.89. The zero-order valence-electron chi connectivity index (χ0n) is 17.5. The van der Waals surface area contributed by atoms with E-state index in [4.69, 9.17) is 4.74 Å². The molecule has 3 N–H and O–H groups in total. The van der Waals surface area contributed by atoms with Crippen LogP contribution in [0.25, 0.3) is 0 Å². The van der Waals surface area contributed by atoms with Gasteiger partial charge in [-0.15, -0.1) is 0 Å². The molecule has 3 atom stereocenters. The number of halogens is 4. The topological polar surface area (TPSA) is 82.7 Å². The van der Waals surface area contributed by atoms with Crippen LogP contribution in [0.15, 0.2) is 59.8 Å². The third kappa shape index (κ3) is 4.11. The van der Waals surface area contributed by atoms with Gasteiger partial charge in [-0.25, -0.2) is 14.8 Å². The number of hydrogen-bond donors (Lipinski definition) is 3. The number of fused-ring (bicyclic) bond motifs is 1. The van der Waals surface area contributed by atoms with Crippen molar-refractivity contribution in [2.75, 3.05) is 12.4 Å². The van der Waals surface area contributed by atoms with E-state index in [0.29, 0.717) is 5.56 Å². The first-order valence-corrected chi connectivity index (χ1v) is 9.95. The molecule has 3 unspecified atom stereocenters. The predicted molar refractivity (Wildman–Crippen MR) is 110 cm³/mol. The number of benzene rings is 2. The van der Waals surface area contributed by atoms with Crippen molar-refractivity contribution in [2.45, 2.75) is 31.2 Å². The number of carbonyl (C=O) groups excluding carboxylic acids is 2. The first kappa shape index (κ1) is 22.6. The Kier molecular flexibility index (Phi) is 5.75. The van der Waals surface area contributed by atoms with Crippen LogP contribution in [0.3, 0.4) is 0 Å². The molecule has 2 aliphatic rings. The average molecular weight is 464 g/mol. The number of allylic oxidation sites excluding steroid dienone is 1. The SMILES string of the molecule is COc1ccc(F)cc1NC(=O)C1=C(C)NC2C(c3ccccc3)C(C(F)(F)F)NN2C1=O. The van der Waals surface area contributed by atoms with Crippen LogP contribution < -0.4 is 20.8 Å². The minimum Gasteiger partial charge on any atom is -0.495 e. The zero-order chi connectivity index (χ0) is 23.9. The molecule has 0 radical (unpaired) electrons. The molecule has 0 bridgehead atoms. The largest absolute Gasteiger partial charge is 0.495 e. The highest BCUT2D eigenvalue weighted by Gasteiger charge is 2.58. The van der Waals surface area contributed by atoms with Crippen molar-refractivity contribution in [3.8, 4) is 5.75 Å². The van der Waals surface area contributed by atoms with Crippen LogP contribution in [0.5, 0.6) is 5.75 Å². The van der Waals surface area contributed by atoms with Crippen molar-refractivity contribution in [3.63, 3.8) is 0 Å². The van der Waals surface area contributed by atoms with Gasteiger partial charge >= 0.3 is 6.18 Å². The lowest BCUT2D eigenvalue weighted by Crippen LogP contribution is -2.56. The van der Waals surface area contributed by atoms with Gasteiger partial charge < -0.3 is 15.4 Å². The second-order valence-electron chi connectivity index (χ2n) is 7.65. The molecule has 2 amide bonds. The van der Waals surface area contributed by atoms with Crippen molar-refractivity contribution in [1.82, 2.24) is 15.8 Å². The summed E-state index contributed by atoms with van der Waals surface area (Å²) in [6.45, 7) is 1.43. The lowest BCUT2D eigenvalue weighted by Gasteiger charge is -2.34. The highest BCUT2D eigenvalue weighted by Crippen LogP contribution is 2.41. The van der Waals surface area contributed by atoms with Crippen molar-refractivity contribution in [2.24, 2.45) is 0 Å². The number of amides is 2. The summed E-state index contributed by atoms with van der Waals surface area (Å²) in [6, 6.07) is 9.40. The average Bonchev–Trinajstić information content (AvgIpc) is 3.15. The van der Waals surface area contributed by atoms with E-state index >= 15 is 0 Å². The molecule has 1 saturated heterocycles. The summed E-state index contributed by atoms with van der Waals surface area (Å²) in [5.74, 6) is -3.50. The normalized spacial score (nSPS) is 22.7. The molecule has 33 heavy (non-hydrogen) atoms. The van der Waals surface area contributed by atoms with Gasteiger partial charge in [0.05, 0.1) is 18.7 Å². The van der Waals surface area contributed by atoms with Crippen LogP contribution in [0.1, 0.15) is 18.4 Å². The number of carbonyl (C=O) groups is 2. The summed E-state index contributed by atoms with van der Waals surface area (Å²) in [7, 11) is 1.32. The van der Waals surface area contributed by atoms with Crippen LogP contribution in [-0.4, -0.2) is 42.3 Å². The van der Waals surface area contributed by atoms with Gasteiger partial charge in [0.15, 0.2) is 0 Å². The minimum absolute atomic E-state index is 0.0255. The Morgan fingerprint density at radius 3 is 2.48 bits per heavy atom. The molecule has 2 heterocycles. The maximum Gasteiger partial charge on any atom is 0.406 e. The number of rotatable bonds is 4. The summed E-state index contributed by atoms with van der Waals surface area (Å²) < 4.78 is 60.3. The molecule has 11 heteroatoms. The van der Waals surface area contributed by atoms with Gasteiger partial charge in [-0.2, -0.15) is 13.2 Å². The molecule has 0 aromatic heterocycles. The number of hydrogen-bond acceptors (Lipinski definition) is 5. The molecule has 7 nitrogen and oxygen atoms in total. The molecule has 0 spiro atoms. The minimum atomic E-state index is -4.66. The van der Waals surface area contributed by atoms with E-state index in [0.717, 1.165) is 17.1 Å².